The number of hydrogen-bond donors (Lipinski definition) is 1. The molecule has 1 heterocycles. The molecule has 12 heavy (non-hydrogen) atoms. The Hall–Kier alpha value is -0.280. The molecule has 1 fully saturated rings. The van der Waals surface area contributed by atoms with Gasteiger partial charge in [0.05, 0.1) is 5.92 Å². The van der Waals surface area contributed by atoms with Crippen LogP contribution < -0.4 is 5.32 Å². The highest BCUT2D eigenvalue weighted by Gasteiger charge is 2.21. The minimum Gasteiger partial charge on any atom is -0.349 e. The Labute approximate surface area is 79.9 Å². The van der Waals surface area contributed by atoms with Crippen molar-refractivity contribution in [3.8, 4) is 0 Å². The molecule has 3 nitrogen and oxygen atoms in total. The lowest BCUT2D eigenvalue weighted by Gasteiger charge is -2.24. The fourth-order valence-corrected chi connectivity index (χ4v) is 1.43. The van der Waals surface area contributed by atoms with Gasteiger partial charge in [-0.15, -0.1) is 12.4 Å². The molecule has 72 valence electrons. The van der Waals surface area contributed by atoms with Crippen LogP contribution in [0.5, 0.6) is 0 Å². The van der Waals surface area contributed by atoms with Crippen LogP contribution in [0, 0.1) is 5.92 Å². The number of carbonyl (C=O) groups is 1. The molecule has 1 atom stereocenters. The van der Waals surface area contributed by atoms with E-state index < -0.39 is 0 Å². The van der Waals surface area contributed by atoms with Gasteiger partial charge in [-0.2, -0.15) is 0 Å². The first kappa shape index (κ1) is 11.7. The lowest BCUT2D eigenvalue weighted by molar-refractivity contribution is -0.133. The molecule has 0 aromatic heterocycles. The quantitative estimate of drug-likeness (QED) is 0.656. The second kappa shape index (κ2) is 5.38. The second-order valence-electron chi connectivity index (χ2n) is 3.28. The maximum absolute atomic E-state index is 11.4. The van der Waals surface area contributed by atoms with E-state index in [0.29, 0.717) is 0 Å². The van der Waals surface area contributed by atoms with Gasteiger partial charge in [-0.3, -0.25) is 4.79 Å². The summed E-state index contributed by atoms with van der Waals surface area (Å²) in [7, 11) is 3.63. The maximum atomic E-state index is 11.4. The number of hydrogen-bond acceptors (Lipinski definition) is 2. The Kier molecular flexibility index (Phi) is 5.25. The summed E-state index contributed by atoms with van der Waals surface area (Å²) in [5, 5.41) is 3.22. The normalized spacial score (nSPS) is 22.7. The third-order valence-corrected chi connectivity index (χ3v) is 2.09. The van der Waals surface area contributed by atoms with Crippen LogP contribution in [0.1, 0.15) is 12.8 Å². The van der Waals surface area contributed by atoms with Crippen molar-refractivity contribution in [2.75, 3.05) is 27.2 Å². The van der Waals surface area contributed by atoms with Crippen LogP contribution in [0.3, 0.4) is 0 Å². The lowest BCUT2D eigenvalue weighted by atomic mass is 9.98. The highest BCUT2D eigenvalue weighted by atomic mass is 35.5. The van der Waals surface area contributed by atoms with E-state index in [-0.39, 0.29) is 24.2 Å². The number of piperidine rings is 1. The molecule has 0 aliphatic carbocycles. The number of rotatable bonds is 1. The van der Waals surface area contributed by atoms with Crippen LogP contribution >= 0.6 is 12.4 Å². The van der Waals surface area contributed by atoms with Crippen LogP contribution in [0.2, 0.25) is 0 Å². The Balaban J connectivity index is 0.00000121. The zero-order chi connectivity index (χ0) is 8.27. The SMILES string of the molecule is CN(C)C(=O)[C@@H]1CCCNC1.Cl. The van der Waals surface area contributed by atoms with Crippen molar-refractivity contribution >= 4 is 18.3 Å². The number of carbonyl (C=O) groups excluding carboxylic acids is 1. The van der Waals surface area contributed by atoms with Gasteiger partial charge in [-0.25, -0.2) is 0 Å². The zero-order valence-corrected chi connectivity index (χ0v) is 8.49. The van der Waals surface area contributed by atoms with Gasteiger partial charge in [0.25, 0.3) is 0 Å². The van der Waals surface area contributed by atoms with Gasteiger partial charge in [-0.05, 0) is 19.4 Å². The first-order valence-electron chi connectivity index (χ1n) is 4.13. The summed E-state index contributed by atoms with van der Waals surface area (Å²) >= 11 is 0. The molecular weight excluding hydrogens is 176 g/mol. The molecule has 1 saturated heterocycles. The molecule has 0 bridgehead atoms. The summed E-state index contributed by atoms with van der Waals surface area (Å²) in [5.41, 5.74) is 0. The number of halogens is 1. The fraction of sp³-hybridized carbons (Fsp3) is 0.875. The third-order valence-electron chi connectivity index (χ3n) is 2.09. The van der Waals surface area contributed by atoms with Gasteiger partial charge in [-0.1, -0.05) is 0 Å². The van der Waals surface area contributed by atoms with Gasteiger partial charge < -0.3 is 10.2 Å². The summed E-state index contributed by atoms with van der Waals surface area (Å²) in [6, 6.07) is 0. The molecule has 0 saturated carbocycles. The topological polar surface area (TPSA) is 32.3 Å². The van der Waals surface area contributed by atoms with E-state index in [1.54, 1.807) is 4.90 Å². The van der Waals surface area contributed by atoms with Crippen LogP contribution in [0.25, 0.3) is 0 Å². The molecule has 0 radical (unpaired) electrons. The molecule has 1 amide bonds. The average molecular weight is 193 g/mol. The van der Waals surface area contributed by atoms with E-state index >= 15 is 0 Å². The Morgan fingerprint density at radius 2 is 2.17 bits per heavy atom. The highest BCUT2D eigenvalue weighted by Crippen LogP contribution is 2.11. The molecular formula is C8H17ClN2O. The standard InChI is InChI=1S/C8H16N2O.ClH/c1-10(2)8(11)7-4-3-5-9-6-7;/h7,9H,3-6H2,1-2H3;1H/t7-;/m1./s1. The van der Waals surface area contributed by atoms with Crippen molar-refractivity contribution in [2.45, 2.75) is 12.8 Å². The average Bonchev–Trinajstić information content (AvgIpc) is 2.05. The van der Waals surface area contributed by atoms with E-state index in [1.807, 2.05) is 14.1 Å². The van der Waals surface area contributed by atoms with Crippen molar-refractivity contribution in [2.24, 2.45) is 5.92 Å². The third kappa shape index (κ3) is 2.99. The molecule has 1 rings (SSSR count). The van der Waals surface area contributed by atoms with Gasteiger partial charge in [0, 0.05) is 20.6 Å². The Morgan fingerprint density at radius 3 is 2.58 bits per heavy atom. The van der Waals surface area contributed by atoms with Crippen molar-refractivity contribution < 1.29 is 4.79 Å². The summed E-state index contributed by atoms with van der Waals surface area (Å²) < 4.78 is 0. The van der Waals surface area contributed by atoms with Gasteiger partial charge in [0.2, 0.25) is 5.91 Å². The molecule has 1 aliphatic heterocycles. The largest absolute Gasteiger partial charge is 0.349 e. The molecule has 0 unspecified atom stereocenters. The summed E-state index contributed by atoms with van der Waals surface area (Å²) in [4.78, 5) is 13.1. The molecule has 4 heteroatoms. The van der Waals surface area contributed by atoms with Crippen molar-refractivity contribution in [3.63, 3.8) is 0 Å². The van der Waals surface area contributed by atoms with Crippen molar-refractivity contribution in [1.82, 2.24) is 10.2 Å². The van der Waals surface area contributed by atoms with E-state index in [1.165, 1.54) is 0 Å². The molecule has 0 aromatic rings. The van der Waals surface area contributed by atoms with Gasteiger partial charge >= 0.3 is 0 Å². The highest BCUT2D eigenvalue weighted by molar-refractivity contribution is 5.85. The van der Waals surface area contributed by atoms with Crippen LogP contribution in [-0.4, -0.2) is 38.0 Å². The predicted molar refractivity (Wildman–Crippen MR) is 51.5 cm³/mol. The first-order chi connectivity index (χ1) is 5.22. The molecule has 1 aliphatic rings. The van der Waals surface area contributed by atoms with Gasteiger partial charge in [0.1, 0.15) is 0 Å². The summed E-state index contributed by atoms with van der Waals surface area (Å²) in [5.74, 6) is 0.482. The minimum absolute atomic E-state index is 0. The van der Waals surface area contributed by atoms with E-state index in [4.69, 9.17) is 0 Å². The molecule has 1 N–H and O–H groups in total. The summed E-state index contributed by atoms with van der Waals surface area (Å²) in [6.07, 6.45) is 2.17. The smallest absolute Gasteiger partial charge is 0.226 e. The summed E-state index contributed by atoms with van der Waals surface area (Å²) in [6.45, 7) is 1.92. The van der Waals surface area contributed by atoms with Crippen LogP contribution in [0.15, 0.2) is 0 Å². The van der Waals surface area contributed by atoms with Crippen LogP contribution in [-0.2, 0) is 4.79 Å². The molecule has 0 spiro atoms. The van der Waals surface area contributed by atoms with E-state index in [0.717, 1.165) is 25.9 Å². The van der Waals surface area contributed by atoms with Crippen molar-refractivity contribution in [3.05, 3.63) is 0 Å². The minimum atomic E-state index is 0. The van der Waals surface area contributed by atoms with Crippen LogP contribution in [0.4, 0.5) is 0 Å². The Bertz CT molecular complexity index is 144. The lowest BCUT2D eigenvalue weighted by Crippen LogP contribution is -2.39. The Morgan fingerprint density at radius 1 is 1.50 bits per heavy atom. The van der Waals surface area contributed by atoms with Gasteiger partial charge in [0.15, 0.2) is 0 Å². The monoisotopic (exact) mass is 192 g/mol. The predicted octanol–water partition coefficient (Wildman–Crippen LogP) is 0.496. The number of amides is 1. The van der Waals surface area contributed by atoms with Crippen molar-refractivity contribution in [1.29, 1.82) is 0 Å². The molecule has 0 aromatic carbocycles. The second-order valence-corrected chi connectivity index (χ2v) is 3.28. The van der Waals surface area contributed by atoms with E-state index in [2.05, 4.69) is 5.32 Å². The maximum Gasteiger partial charge on any atom is 0.226 e. The number of nitrogens with one attached hydrogen (secondary N) is 1. The number of nitrogens with zero attached hydrogens (tertiary/aromatic N) is 1. The zero-order valence-electron chi connectivity index (χ0n) is 7.67. The fourth-order valence-electron chi connectivity index (χ4n) is 1.43. The van der Waals surface area contributed by atoms with E-state index in [9.17, 15) is 4.79 Å². The first-order valence-corrected chi connectivity index (χ1v) is 4.13.